The van der Waals surface area contributed by atoms with E-state index in [1.165, 1.54) is 0 Å². The fourth-order valence-electron chi connectivity index (χ4n) is 5.61. The Morgan fingerprint density at radius 2 is 1.65 bits per heavy atom. The van der Waals surface area contributed by atoms with Crippen LogP contribution in [0.2, 0.25) is 0 Å². The van der Waals surface area contributed by atoms with E-state index in [1.807, 2.05) is 53.9 Å². The van der Waals surface area contributed by atoms with Gasteiger partial charge >= 0.3 is 0 Å². The van der Waals surface area contributed by atoms with Crippen LogP contribution in [-0.4, -0.2) is 34.6 Å². The predicted molar refractivity (Wildman–Crippen MR) is 145 cm³/mol. The van der Waals surface area contributed by atoms with E-state index in [1.54, 1.807) is 6.20 Å². The molecule has 1 aliphatic carbocycles. The van der Waals surface area contributed by atoms with Crippen molar-refractivity contribution >= 4 is 22.4 Å². The summed E-state index contributed by atoms with van der Waals surface area (Å²) in [6, 6.07) is 26.8. The Morgan fingerprint density at radius 1 is 0.919 bits per heavy atom. The molecule has 7 rings (SSSR count). The molecule has 37 heavy (non-hydrogen) atoms. The van der Waals surface area contributed by atoms with Gasteiger partial charge in [-0.25, -0.2) is 15.0 Å². The first kappa shape index (κ1) is 21.8. The lowest BCUT2D eigenvalue weighted by Gasteiger charge is -2.40. The van der Waals surface area contributed by atoms with Crippen LogP contribution in [0.3, 0.4) is 0 Å². The molecule has 0 amide bonds. The van der Waals surface area contributed by atoms with Crippen LogP contribution in [-0.2, 0) is 0 Å². The molecule has 182 valence electrons. The number of para-hydroxylation sites is 1. The maximum atomic E-state index is 10.3. The maximum Gasteiger partial charge on any atom is 0.150 e. The third kappa shape index (κ3) is 3.50. The summed E-state index contributed by atoms with van der Waals surface area (Å²) in [6.45, 7) is 1.87. The average molecular weight is 487 g/mol. The second kappa shape index (κ2) is 8.01. The molecule has 0 atom stereocenters. The lowest BCUT2D eigenvalue weighted by atomic mass is 9.72. The minimum absolute atomic E-state index is 0.170. The topological polar surface area (TPSA) is 94.3 Å². The largest absolute Gasteiger partial charge is 0.390 e. The van der Waals surface area contributed by atoms with E-state index < -0.39 is 5.60 Å². The SMILES string of the molecule is CC1(O)CC(c2nc(-c3ccc4c(c3)nc(-c3ccccc3)n4-c3ccccc3)c3c(N)nccn23)C1. The van der Waals surface area contributed by atoms with E-state index in [9.17, 15) is 5.11 Å². The molecule has 1 saturated carbocycles. The summed E-state index contributed by atoms with van der Waals surface area (Å²) in [4.78, 5) is 14.5. The second-order valence-electron chi connectivity index (χ2n) is 10.1. The van der Waals surface area contributed by atoms with E-state index in [4.69, 9.17) is 15.7 Å². The van der Waals surface area contributed by atoms with Crippen molar-refractivity contribution in [2.45, 2.75) is 31.3 Å². The van der Waals surface area contributed by atoms with Gasteiger partial charge in [0.1, 0.15) is 28.7 Å². The summed E-state index contributed by atoms with van der Waals surface area (Å²) in [5.74, 6) is 2.39. The lowest BCUT2D eigenvalue weighted by molar-refractivity contribution is -0.0335. The molecule has 0 unspecified atom stereocenters. The fourth-order valence-corrected chi connectivity index (χ4v) is 5.61. The predicted octanol–water partition coefficient (Wildman–Crippen LogP) is 5.61. The van der Waals surface area contributed by atoms with Gasteiger partial charge in [-0.15, -0.1) is 0 Å². The standard InChI is InChI=1S/C30H26N6O/c1-30(37)17-21(18-30)28-34-25(26-27(31)32-14-15-35(26)28)20-12-13-24-23(16-20)33-29(19-8-4-2-5-9-19)36(24)22-10-6-3-7-11-22/h2-16,21,37H,17-18H2,1H3,(H2,31,32). The lowest BCUT2D eigenvalue weighted by Crippen LogP contribution is -2.40. The van der Waals surface area contributed by atoms with Gasteiger partial charge in [0.15, 0.2) is 0 Å². The van der Waals surface area contributed by atoms with Crippen LogP contribution in [0.4, 0.5) is 5.82 Å². The number of nitrogens with zero attached hydrogens (tertiary/aromatic N) is 5. The van der Waals surface area contributed by atoms with Gasteiger partial charge in [-0.3, -0.25) is 8.97 Å². The summed E-state index contributed by atoms with van der Waals surface area (Å²) < 4.78 is 4.22. The van der Waals surface area contributed by atoms with Crippen molar-refractivity contribution in [3.8, 4) is 28.3 Å². The summed E-state index contributed by atoms with van der Waals surface area (Å²) >= 11 is 0. The minimum Gasteiger partial charge on any atom is -0.390 e. The van der Waals surface area contributed by atoms with E-state index >= 15 is 0 Å². The smallest absolute Gasteiger partial charge is 0.150 e. The van der Waals surface area contributed by atoms with Gasteiger partial charge in [-0.05, 0) is 44.0 Å². The zero-order valence-corrected chi connectivity index (χ0v) is 20.4. The number of nitrogens with two attached hydrogens (primary N) is 1. The number of hydrogen-bond acceptors (Lipinski definition) is 5. The van der Waals surface area contributed by atoms with Crippen molar-refractivity contribution in [2.24, 2.45) is 0 Å². The van der Waals surface area contributed by atoms with Gasteiger partial charge in [0, 0.05) is 35.1 Å². The summed E-state index contributed by atoms with van der Waals surface area (Å²) in [5, 5.41) is 10.3. The minimum atomic E-state index is -0.647. The van der Waals surface area contributed by atoms with Gasteiger partial charge < -0.3 is 10.8 Å². The molecule has 7 nitrogen and oxygen atoms in total. The molecule has 3 N–H and O–H groups in total. The Bertz CT molecular complexity index is 1760. The zero-order chi connectivity index (χ0) is 25.1. The maximum absolute atomic E-state index is 10.3. The van der Waals surface area contributed by atoms with Crippen molar-refractivity contribution in [1.82, 2.24) is 23.9 Å². The summed E-state index contributed by atoms with van der Waals surface area (Å²) in [6.07, 6.45) is 4.95. The Kier molecular flexibility index (Phi) is 4.71. The van der Waals surface area contributed by atoms with Crippen LogP contribution in [0.1, 0.15) is 31.5 Å². The molecule has 0 aliphatic heterocycles. The Morgan fingerprint density at radius 3 is 2.38 bits per heavy atom. The molecule has 3 aromatic carbocycles. The van der Waals surface area contributed by atoms with Gasteiger partial charge in [0.2, 0.25) is 0 Å². The molecule has 1 fully saturated rings. The molecule has 3 heterocycles. The molecular formula is C30H26N6O. The van der Waals surface area contributed by atoms with Gasteiger partial charge in [0.25, 0.3) is 0 Å². The third-order valence-corrected chi connectivity index (χ3v) is 7.32. The van der Waals surface area contributed by atoms with Crippen molar-refractivity contribution in [2.75, 3.05) is 5.73 Å². The molecule has 0 radical (unpaired) electrons. The van der Waals surface area contributed by atoms with Gasteiger partial charge in [-0.2, -0.15) is 0 Å². The first-order valence-corrected chi connectivity index (χ1v) is 12.5. The van der Waals surface area contributed by atoms with Crippen LogP contribution >= 0.6 is 0 Å². The normalized spacial score (nSPS) is 19.4. The number of imidazole rings is 2. The molecule has 7 heteroatoms. The number of rotatable bonds is 4. The Labute approximate surface area is 213 Å². The van der Waals surface area contributed by atoms with E-state index in [0.29, 0.717) is 18.7 Å². The first-order chi connectivity index (χ1) is 18.0. The van der Waals surface area contributed by atoms with Crippen LogP contribution in [0.5, 0.6) is 0 Å². The van der Waals surface area contributed by atoms with E-state index in [-0.39, 0.29) is 5.92 Å². The summed E-state index contributed by atoms with van der Waals surface area (Å²) in [5.41, 5.74) is 12.2. The van der Waals surface area contributed by atoms with Crippen LogP contribution < -0.4 is 5.73 Å². The van der Waals surface area contributed by atoms with Gasteiger partial charge in [0.05, 0.1) is 16.6 Å². The number of anilines is 1. The third-order valence-electron chi connectivity index (χ3n) is 7.32. The first-order valence-electron chi connectivity index (χ1n) is 12.5. The molecule has 6 aromatic rings. The number of aliphatic hydroxyl groups is 1. The number of fused-ring (bicyclic) bond motifs is 2. The average Bonchev–Trinajstić information content (AvgIpc) is 3.48. The Hall–Kier alpha value is -4.49. The highest BCUT2D eigenvalue weighted by atomic mass is 16.3. The monoisotopic (exact) mass is 486 g/mol. The van der Waals surface area contributed by atoms with E-state index in [2.05, 4.69) is 52.0 Å². The van der Waals surface area contributed by atoms with E-state index in [0.717, 1.165) is 50.7 Å². The van der Waals surface area contributed by atoms with Crippen LogP contribution in [0.25, 0.3) is 44.9 Å². The van der Waals surface area contributed by atoms with Crippen LogP contribution in [0, 0.1) is 0 Å². The van der Waals surface area contributed by atoms with Crippen molar-refractivity contribution in [3.63, 3.8) is 0 Å². The number of nitrogen functional groups attached to an aromatic ring is 1. The molecule has 3 aromatic heterocycles. The highest BCUT2D eigenvalue weighted by Crippen LogP contribution is 2.45. The fraction of sp³-hybridized carbons (Fsp3) is 0.167. The number of benzene rings is 3. The molecule has 1 aliphatic rings. The van der Waals surface area contributed by atoms with Crippen molar-refractivity contribution in [3.05, 3.63) is 97.1 Å². The van der Waals surface area contributed by atoms with Crippen molar-refractivity contribution < 1.29 is 5.11 Å². The highest BCUT2D eigenvalue weighted by molar-refractivity contribution is 5.92. The van der Waals surface area contributed by atoms with Gasteiger partial charge in [-0.1, -0.05) is 54.6 Å². The zero-order valence-electron chi connectivity index (χ0n) is 20.4. The summed E-state index contributed by atoms with van der Waals surface area (Å²) in [7, 11) is 0. The van der Waals surface area contributed by atoms with Crippen molar-refractivity contribution in [1.29, 1.82) is 0 Å². The number of hydrogen-bond donors (Lipinski definition) is 2. The van der Waals surface area contributed by atoms with Crippen LogP contribution in [0.15, 0.2) is 91.3 Å². The Balaban J connectivity index is 1.43. The molecule has 0 bridgehead atoms. The highest BCUT2D eigenvalue weighted by Gasteiger charge is 2.41. The second-order valence-corrected chi connectivity index (χ2v) is 10.1. The molecular weight excluding hydrogens is 460 g/mol. The molecule has 0 spiro atoms. The quantitative estimate of drug-likeness (QED) is 0.338. The number of aromatic nitrogens is 5. The molecule has 0 saturated heterocycles.